The van der Waals surface area contributed by atoms with Crippen LogP contribution in [0.15, 0.2) is 75.5 Å². The standard InChI is InChI=1S/C20H13FN6OS2/c1-2-10-26-19(28)13-9-11-29-18(13)22-20(26)30-16-8-7-15-23-24-17(27(15)25-16)12-5-3-4-6-14(12)21/h2-9,11H,1,10H2. The third kappa shape index (κ3) is 3.10. The van der Waals surface area contributed by atoms with Gasteiger partial charge in [-0.3, -0.25) is 9.36 Å². The summed E-state index contributed by atoms with van der Waals surface area (Å²) < 4.78 is 17.3. The van der Waals surface area contributed by atoms with Gasteiger partial charge in [-0.15, -0.1) is 28.1 Å². The average Bonchev–Trinajstić information content (AvgIpc) is 3.38. The highest BCUT2D eigenvalue weighted by Gasteiger charge is 2.16. The number of benzene rings is 1. The Bertz CT molecular complexity index is 1470. The summed E-state index contributed by atoms with van der Waals surface area (Å²) >= 11 is 2.65. The highest BCUT2D eigenvalue weighted by Crippen LogP contribution is 2.28. The quantitative estimate of drug-likeness (QED) is 0.306. The fraction of sp³-hybridized carbons (Fsp3) is 0.0500. The summed E-state index contributed by atoms with van der Waals surface area (Å²) in [5.41, 5.74) is 0.671. The molecule has 4 heterocycles. The minimum absolute atomic E-state index is 0.124. The Morgan fingerprint density at radius 1 is 1.17 bits per heavy atom. The molecule has 0 saturated carbocycles. The second-order valence-corrected chi connectivity index (χ2v) is 8.17. The maximum atomic E-state index is 14.3. The van der Waals surface area contributed by atoms with E-state index < -0.39 is 5.82 Å². The molecule has 7 nitrogen and oxygen atoms in total. The van der Waals surface area contributed by atoms with Crippen LogP contribution in [0.5, 0.6) is 0 Å². The van der Waals surface area contributed by atoms with Gasteiger partial charge in [-0.2, -0.15) is 9.61 Å². The van der Waals surface area contributed by atoms with Gasteiger partial charge in [0.05, 0.1) is 10.9 Å². The van der Waals surface area contributed by atoms with Crippen molar-refractivity contribution in [3.63, 3.8) is 0 Å². The van der Waals surface area contributed by atoms with Crippen LogP contribution in [0.25, 0.3) is 27.3 Å². The van der Waals surface area contributed by atoms with Gasteiger partial charge in [0, 0.05) is 6.54 Å². The molecule has 0 aliphatic carbocycles. The van der Waals surface area contributed by atoms with Crippen molar-refractivity contribution in [2.75, 3.05) is 0 Å². The van der Waals surface area contributed by atoms with Gasteiger partial charge >= 0.3 is 0 Å². The predicted octanol–water partition coefficient (Wildman–Crippen LogP) is 4.04. The summed E-state index contributed by atoms with van der Waals surface area (Å²) in [5, 5.41) is 16.2. The summed E-state index contributed by atoms with van der Waals surface area (Å²) in [4.78, 5) is 18.1. The Morgan fingerprint density at radius 3 is 2.87 bits per heavy atom. The second-order valence-electron chi connectivity index (χ2n) is 6.29. The Labute approximate surface area is 177 Å². The van der Waals surface area contributed by atoms with Crippen LogP contribution in [0.1, 0.15) is 0 Å². The Hall–Kier alpha value is -3.37. The van der Waals surface area contributed by atoms with Gasteiger partial charge < -0.3 is 0 Å². The van der Waals surface area contributed by atoms with Crippen molar-refractivity contribution in [2.45, 2.75) is 16.7 Å². The Balaban J connectivity index is 1.62. The first-order valence-electron chi connectivity index (χ1n) is 8.90. The number of aromatic nitrogens is 6. The molecule has 0 saturated heterocycles. The Kier molecular flexibility index (Phi) is 4.64. The van der Waals surface area contributed by atoms with Crippen LogP contribution in [-0.4, -0.2) is 29.4 Å². The van der Waals surface area contributed by atoms with Crippen LogP contribution in [-0.2, 0) is 6.54 Å². The van der Waals surface area contributed by atoms with E-state index in [9.17, 15) is 9.18 Å². The lowest BCUT2D eigenvalue weighted by Gasteiger charge is -2.09. The van der Waals surface area contributed by atoms with Crippen molar-refractivity contribution in [1.82, 2.24) is 29.4 Å². The lowest BCUT2D eigenvalue weighted by molar-refractivity contribution is 0.628. The first-order valence-corrected chi connectivity index (χ1v) is 10.6. The van der Waals surface area contributed by atoms with Crippen molar-refractivity contribution < 1.29 is 4.39 Å². The summed E-state index contributed by atoms with van der Waals surface area (Å²) in [5.74, 6) is -0.105. The van der Waals surface area contributed by atoms with E-state index in [2.05, 4.69) is 26.9 Å². The highest BCUT2D eigenvalue weighted by molar-refractivity contribution is 7.99. The van der Waals surface area contributed by atoms with E-state index in [1.807, 2.05) is 5.38 Å². The highest BCUT2D eigenvalue weighted by atomic mass is 32.2. The molecule has 148 valence electrons. The summed E-state index contributed by atoms with van der Waals surface area (Å²) in [6, 6.07) is 11.6. The molecule has 0 unspecified atom stereocenters. The molecule has 1 aromatic carbocycles. The number of thiophene rings is 1. The maximum absolute atomic E-state index is 14.3. The molecule has 0 spiro atoms. The lowest BCUT2D eigenvalue weighted by Crippen LogP contribution is -2.22. The van der Waals surface area contributed by atoms with Gasteiger partial charge in [-0.1, -0.05) is 18.2 Å². The van der Waals surface area contributed by atoms with Gasteiger partial charge in [-0.05, 0) is 47.5 Å². The molecule has 0 aliphatic rings. The van der Waals surface area contributed by atoms with Crippen molar-refractivity contribution in [2.24, 2.45) is 0 Å². The van der Waals surface area contributed by atoms with Crippen LogP contribution in [0.3, 0.4) is 0 Å². The zero-order chi connectivity index (χ0) is 20.7. The zero-order valence-electron chi connectivity index (χ0n) is 15.4. The fourth-order valence-electron chi connectivity index (χ4n) is 3.03. The number of hydrogen-bond acceptors (Lipinski definition) is 7. The molecule has 0 aliphatic heterocycles. The predicted molar refractivity (Wildman–Crippen MR) is 114 cm³/mol. The number of rotatable bonds is 5. The normalized spacial score (nSPS) is 11.4. The van der Waals surface area contributed by atoms with Crippen molar-refractivity contribution in [1.29, 1.82) is 0 Å². The third-order valence-electron chi connectivity index (χ3n) is 4.41. The van der Waals surface area contributed by atoms with Crippen LogP contribution in [0.4, 0.5) is 4.39 Å². The van der Waals surface area contributed by atoms with Crippen LogP contribution >= 0.6 is 23.1 Å². The molecule has 5 aromatic rings. The molecule has 10 heteroatoms. The summed E-state index contributed by atoms with van der Waals surface area (Å²) in [6.45, 7) is 4.06. The van der Waals surface area contributed by atoms with Gasteiger partial charge in [0.15, 0.2) is 16.6 Å². The fourth-order valence-corrected chi connectivity index (χ4v) is 4.69. The van der Waals surface area contributed by atoms with E-state index in [-0.39, 0.29) is 5.56 Å². The molecular weight excluding hydrogens is 423 g/mol. The molecule has 0 fully saturated rings. The summed E-state index contributed by atoms with van der Waals surface area (Å²) in [7, 11) is 0. The first-order chi connectivity index (χ1) is 14.7. The Morgan fingerprint density at radius 2 is 2.03 bits per heavy atom. The molecule has 0 bridgehead atoms. The number of allylic oxidation sites excluding steroid dienone is 1. The van der Waals surface area contributed by atoms with Crippen molar-refractivity contribution >= 4 is 39.0 Å². The van der Waals surface area contributed by atoms with Crippen LogP contribution < -0.4 is 5.56 Å². The van der Waals surface area contributed by atoms with Crippen LogP contribution in [0, 0.1) is 5.82 Å². The zero-order valence-corrected chi connectivity index (χ0v) is 17.0. The van der Waals surface area contributed by atoms with E-state index >= 15 is 0 Å². The molecular formula is C20H13FN6OS2. The monoisotopic (exact) mass is 436 g/mol. The van der Waals surface area contributed by atoms with E-state index in [0.29, 0.717) is 44.0 Å². The topological polar surface area (TPSA) is 78.0 Å². The van der Waals surface area contributed by atoms with E-state index in [1.54, 1.807) is 47.0 Å². The molecule has 0 radical (unpaired) electrons. The van der Waals surface area contributed by atoms with Gasteiger partial charge in [0.25, 0.3) is 5.56 Å². The van der Waals surface area contributed by atoms with E-state index in [1.165, 1.54) is 33.7 Å². The number of hydrogen-bond donors (Lipinski definition) is 0. The molecule has 0 N–H and O–H groups in total. The minimum atomic E-state index is -0.406. The van der Waals surface area contributed by atoms with Crippen molar-refractivity contribution in [3.8, 4) is 11.4 Å². The van der Waals surface area contributed by atoms with Gasteiger partial charge in [0.1, 0.15) is 15.7 Å². The first kappa shape index (κ1) is 18.6. The smallest absolute Gasteiger partial charge is 0.263 e. The third-order valence-corrected chi connectivity index (χ3v) is 6.14. The largest absolute Gasteiger partial charge is 0.283 e. The average molecular weight is 436 g/mol. The van der Waals surface area contributed by atoms with E-state index in [4.69, 9.17) is 0 Å². The lowest BCUT2D eigenvalue weighted by atomic mass is 10.2. The number of halogens is 1. The molecule has 4 aromatic heterocycles. The molecule has 0 amide bonds. The maximum Gasteiger partial charge on any atom is 0.263 e. The molecule has 30 heavy (non-hydrogen) atoms. The molecule has 5 rings (SSSR count). The minimum Gasteiger partial charge on any atom is -0.283 e. The van der Waals surface area contributed by atoms with Gasteiger partial charge in [0.2, 0.25) is 0 Å². The second kappa shape index (κ2) is 7.47. The number of fused-ring (bicyclic) bond motifs is 2. The van der Waals surface area contributed by atoms with Crippen LogP contribution in [0.2, 0.25) is 0 Å². The SMILES string of the molecule is C=CCn1c(Sc2ccc3nnc(-c4ccccc4F)n3n2)nc2sccc2c1=O. The van der Waals surface area contributed by atoms with E-state index in [0.717, 1.165) is 0 Å². The van der Waals surface area contributed by atoms with Gasteiger partial charge in [-0.25, -0.2) is 9.37 Å². The molecule has 0 atom stereocenters. The number of nitrogens with zero attached hydrogens (tertiary/aromatic N) is 6. The van der Waals surface area contributed by atoms with Crippen molar-refractivity contribution in [3.05, 3.63) is 76.7 Å². The summed E-state index contributed by atoms with van der Waals surface area (Å²) in [6.07, 6.45) is 1.65.